The largest absolute Gasteiger partial charge is 0.356 e. The summed E-state index contributed by atoms with van der Waals surface area (Å²) in [5.74, 6) is 3.36. The van der Waals surface area contributed by atoms with E-state index in [9.17, 15) is 0 Å². The minimum absolute atomic E-state index is 0.482. The van der Waals surface area contributed by atoms with E-state index >= 15 is 0 Å². The lowest BCUT2D eigenvalue weighted by atomic mass is 9.87. The van der Waals surface area contributed by atoms with E-state index < -0.39 is 0 Å². The van der Waals surface area contributed by atoms with Crippen LogP contribution in [-0.4, -0.2) is 53.6 Å². The zero-order chi connectivity index (χ0) is 21.5. The lowest BCUT2D eigenvalue weighted by Gasteiger charge is -2.42. The molecule has 1 aromatic heterocycles. The number of hydrogen-bond acceptors (Lipinski definition) is 5. The van der Waals surface area contributed by atoms with Crippen LogP contribution in [0.5, 0.6) is 0 Å². The van der Waals surface area contributed by atoms with Gasteiger partial charge in [-0.3, -0.25) is 4.90 Å². The first-order chi connectivity index (χ1) is 15.2. The Morgan fingerprint density at radius 2 is 1.97 bits per heavy atom. The number of hydrogen-bond donors (Lipinski definition) is 1. The Labute approximate surface area is 189 Å². The summed E-state index contributed by atoms with van der Waals surface area (Å²) in [5, 5.41) is 3.57. The Kier molecular flexibility index (Phi) is 8.01. The van der Waals surface area contributed by atoms with E-state index in [1.54, 1.807) is 5.57 Å². The first-order valence-electron chi connectivity index (χ1n) is 12.6. The number of nitrogens with zero attached hydrogens (tertiary/aromatic N) is 4. The third kappa shape index (κ3) is 6.80. The van der Waals surface area contributed by atoms with Gasteiger partial charge in [0.05, 0.1) is 6.04 Å². The monoisotopic (exact) mass is 423 g/mol. The third-order valence-corrected chi connectivity index (χ3v) is 6.89. The Bertz CT molecular complexity index is 742. The summed E-state index contributed by atoms with van der Waals surface area (Å²) in [5.41, 5.74) is 1.64. The molecule has 2 fully saturated rings. The molecule has 1 aliphatic carbocycles. The molecule has 0 saturated carbocycles. The van der Waals surface area contributed by atoms with Crippen molar-refractivity contribution in [2.75, 3.05) is 42.9 Å². The number of anilines is 2. The molecule has 4 rings (SSSR count). The summed E-state index contributed by atoms with van der Waals surface area (Å²) < 4.78 is 0. The van der Waals surface area contributed by atoms with Crippen LogP contribution in [0.25, 0.3) is 0 Å². The normalized spacial score (nSPS) is 23.6. The molecule has 0 spiro atoms. The number of allylic oxidation sites excluding steroid dienone is 4. The van der Waals surface area contributed by atoms with Crippen LogP contribution in [0.2, 0.25) is 0 Å². The molecule has 0 amide bonds. The molecule has 31 heavy (non-hydrogen) atoms. The first kappa shape index (κ1) is 22.3. The summed E-state index contributed by atoms with van der Waals surface area (Å²) in [6.07, 6.45) is 19.4. The van der Waals surface area contributed by atoms with Crippen LogP contribution < -0.4 is 10.2 Å². The van der Waals surface area contributed by atoms with Crippen molar-refractivity contribution in [3.63, 3.8) is 0 Å². The molecule has 0 aromatic carbocycles. The van der Waals surface area contributed by atoms with Gasteiger partial charge in [0.2, 0.25) is 5.95 Å². The summed E-state index contributed by atoms with van der Waals surface area (Å²) in [7, 11) is 0. The van der Waals surface area contributed by atoms with Crippen molar-refractivity contribution >= 4 is 11.8 Å². The molecule has 0 radical (unpaired) electrons. The van der Waals surface area contributed by atoms with E-state index in [4.69, 9.17) is 4.98 Å². The average Bonchev–Trinajstić information content (AvgIpc) is 3.03. The van der Waals surface area contributed by atoms with Gasteiger partial charge in [0.25, 0.3) is 0 Å². The Hall–Kier alpha value is -1.88. The molecule has 1 aromatic rings. The maximum atomic E-state index is 4.82. The summed E-state index contributed by atoms with van der Waals surface area (Å²) in [6.45, 7) is 10.2. The average molecular weight is 424 g/mol. The van der Waals surface area contributed by atoms with E-state index in [1.165, 1.54) is 51.5 Å². The van der Waals surface area contributed by atoms with Gasteiger partial charge in [0.1, 0.15) is 5.82 Å². The molecule has 170 valence electrons. The number of likely N-dealkylation sites (tertiary alicyclic amines) is 1. The van der Waals surface area contributed by atoms with Crippen LogP contribution in [0.4, 0.5) is 11.8 Å². The maximum Gasteiger partial charge on any atom is 0.224 e. The second-order valence-electron chi connectivity index (χ2n) is 10.1. The standard InChI is InChI=1S/C26H41N5/c1-21(2)8-7-9-22-10-12-23(13-11-22)18-30-19-24(20-30)28-26-27-15-14-25(29-26)31-16-5-3-4-6-17-31/h7-8,10,14-15,21,23-24H,3-6,9,11-13,16-20H2,1-2H3,(H,27,28,29)/b8-7+. The topological polar surface area (TPSA) is 44.3 Å². The van der Waals surface area contributed by atoms with E-state index in [0.717, 1.165) is 50.3 Å². The minimum atomic E-state index is 0.482. The molecule has 3 aliphatic rings. The second-order valence-corrected chi connectivity index (χ2v) is 10.1. The predicted octanol–water partition coefficient (Wildman–Crippen LogP) is 5.28. The number of nitrogens with one attached hydrogen (secondary N) is 1. The van der Waals surface area contributed by atoms with Crippen LogP contribution in [0.3, 0.4) is 0 Å². The highest BCUT2D eigenvalue weighted by Crippen LogP contribution is 2.28. The lowest BCUT2D eigenvalue weighted by molar-refractivity contribution is 0.131. The van der Waals surface area contributed by atoms with Crippen molar-refractivity contribution in [1.82, 2.24) is 14.9 Å². The van der Waals surface area contributed by atoms with Gasteiger partial charge in [-0.2, -0.15) is 4.98 Å². The Morgan fingerprint density at radius 3 is 2.68 bits per heavy atom. The zero-order valence-corrected chi connectivity index (χ0v) is 19.6. The molecule has 2 saturated heterocycles. The van der Waals surface area contributed by atoms with Crippen molar-refractivity contribution in [1.29, 1.82) is 0 Å². The molecular formula is C26H41N5. The highest BCUT2D eigenvalue weighted by atomic mass is 15.3. The summed E-state index contributed by atoms with van der Waals surface area (Å²) >= 11 is 0. The molecule has 5 nitrogen and oxygen atoms in total. The van der Waals surface area contributed by atoms with Gasteiger partial charge in [-0.1, -0.05) is 50.5 Å². The summed E-state index contributed by atoms with van der Waals surface area (Å²) in [6, 6.07) is 2.54. The molecule has 5 heteroatoms. The SMILES string of the molecule is CC(C)/C=C/CC1=CCC(CN2CC(Nc3nccc(N4CCCCCC4)n3)C2)CC1. The molecular weight excluding hydrogens is 382 g/mol. The molecule has 1 N–H and O–H groups in total. The fourth-order valence-corrected chi connectivity index (χ4v) is 5.04. The molecule has 3 heterocycles. The number of aromatic nitrogens is 2. The van der Waals surface area contributed by atoms with Gasteiger partial charge in [-0.15, -0.1) is 0 Å². The Balaban J connectivity index is 1.18. The van der Waals surface area contributed by atoms with Crippen molar-refractivity contribution in [2.24, 2.45) is 11.8 Å². The zero-order valence-electron chi connectivity index (χ0n) is 19.6. The number of rotatable bonds is 8. The van der Waals surface area contributed by atoms with Gasteiger partial charge < -0.3 is 10.2 Å². The molecule has 0 bridgehead atoms. The van der Waals surface area contributed by atoms with Gasteiger partial charge in [0, 0.05) is 38.9 Å². The molecule has 2 aliphatic heterocycles. The van der Waals surface area contributed by atoms with Crippen molar-refractivity contribution in [2.45, 2.75) is 71.3 Å². The van der Waals surface area contributed by atoms with Gasteiger partial charge >= 0.3 is 0 Å². The van der Waals surface area contributed by atoms with Crippen molar-refractivity contribution in [3.8, 4) is 0 Å². The fourth-order valence-electron chi connectivity index (χ4n) is 5.04. The predicted molar refractivity (Wildman–Crippen MR) is 131 cm³/mol. The van der Waals surface area contributed by atoms with Gasteiger partial charge in [-0.05, 0) is 56.4 Å². The first-order valence-corrected chi connectivity index (χ1v) is 12.6. The lowest BCUT2D eigenvalue weighted by Crippen LogP contribution is -2.56. The van der Waals surface area contributed by atoms with Crippen LogP contribution >= 0.6 is 0 Å². The van der Waals surface area contributed by atoms with E-state index in [0.29, 0.717) is 12.0 Å². The van der Waals surface area contributed by atoms with Crippen LogP contribution in [0, 0.1) is 11.8 Å². The second kappa shape index (κ2) is 11.1. The van der Waals surface area contributed by atoms with Crippen LogP contribution in [0.1, 0.15) is 65.2 Å². The van der Waals surface area contributed by atoms with Crippen LogP contribution in [0.15, 0.2) is 36.1 Å². The highest BCUT2D eigenvalue weighted by molar-refractivity contribution is 5.43. The Morgan fingerprint density at radius 1 is 1.16 bits per heavy atom. The fraction of sp³-hybridized carbons (Fsp3) is 0.692. The van der Waals surface area contributed by atoms with Crippen molar-refractivity contribution in [3.05, 3.63) is 36.1 Å². The van der Waals surface area contributed by atoms with Gasteiger partial charge in [-0.25, -0.2) is 4.98 Å². The quantitative estimate of drug-likeness (QED) is 0.576. The van der Waals surface area contributed by atoms with E-state index in [2.05, 4.69) is 58.2 Å². The van der Waals surface area contributed by atoms with Crippen LogP contribution in [-0.2, 0) is 0 Å². The summed E-state index contributed by atoms with van der Waals surface area (Å²) in [4.78, 5) is 14.3. The smallest absolute Gasteiger partial charge is 0.224 e. The van der Waals surface area contributed by atoms with Gasteiger partial charge in [0.15, 0.2) is 0 Å². The highest BCUT2D eigenvalue weighted by Gasteiger charge is 2.29. The third-order valence-electron chi connectivity index (χ3n) is 6.89. The maximum absolute atomic E-state index is 4.82. The molecule has 1 atom stereocenters. The minimum Gasteiger partial charge on any atom is -0.356 e. The molecule has 1 unspecified atom stereocenters. The van der Waals surface area contributed by atoms with E-state index in [1.807, 2.05) is 6.20 Å². The van der Waals surface area contributed by atoms with E-state index in [-0.39, 0.29) is 0 Å². The van der Waals surface area contributed by atoms with Crippen molar-refractivity contribution < 1.29 is 0 Å².